The summed E-state index contributed by atoms with van der Waals surface area (Å²) in [6.07, 6.45) is 4.74. The van der Waals surface area contributed by atoms with Crippen LogP contribution in [0.15, 0.2) is 23.0 Å². The Morgan fingerprint density at radius 1 is 1.26 bits per heavy atom. The Morgan fingerprint density at radius 2 is 1.97 bits per heavy atom. The highest BCUT2D eigenvalue weighted by molar-refractivity contribution is 5.76. The van der Waals surface area contributed by atoms with Gasteiger partial charge in [-0.25, -0.2) is 0 Å². The largest absolute Gasteiger partial charge is 0.512 e. The third-order valence-electron chi connectivity index (χ3n) is 7.48. The predicted molar refractivity (Wildman–Crippen MR) is 117 cm³/mol. The van der Waals surface area contributed by atoms with Crippen molar-refractivity contribution in [3.63, 3.8) is 0 Å². The van der Waals surface area contributed by atoms with Crippen LogP contribution in [0.1, 0.15) is 79.6 Å². The molecule has 3 rings (SSSR count). The first kappa shape index (κ1) is 23.8. The number of aliphatic hydroxyl groups excluding tert-OH is 2. The van der Waals surface area contributed by atoms with Gasteiger partial charge in [-0.15, -0.1) is 0 Å². The zero-order chi connectivity index (χ0) is 22.9. The van der Waals surface area contributed by atoms with Crippen molar-refractivity contribution >= 4 is 11.9 Å². The third kappa shape index (κ3) is 5.33. The van der Waals surface area contributed by atoms with Gasteiger partial charge < -0.3 is 19.7 Å². The van der Waals surface area contributed by atoms with Crippen LogP contribution in [-0.4, -0.2) is 40.5 Å². The van der Waals surface area contributed by atoms with E-state index in [9.17, 15) is 19.8 Å². The zero-order valence-corrected chi connectivity index (χ0v) is 19.5. The minimum atomic E-state index is -0.639. The van der Waals surface area contributed by atoms with Gasteiger partial charge >= 0.3 is 11.9 Å². The molecule has 0 radical (unpaired) electrons. The van der Waals surface area contributed by atoms with Gasteiger partial charge in [0, 0.05) is 25.2 Å². The molecule has 1 heterocycles. The topological polar surface area (TPSA) is 93.1 Å². The molecule has 31 heavy (non-hydrogen) atoms. The number of hydrogen-bond donors (Lipinski definition) is 2. The summed E-state index contributed by atoms with van der Waals surface area (Å²) in [5.41, 5.74) is 1.44. The van der Waals surface area contributed by atoms with Crippen molar-refractivity contribution in [1.29, 1.82) is 0 Å². The molecule has 1 saturated heterocycles. The van der Waals surface area contributed by atoms with Gasteiger partial charge in [0.25, 0.3) is 0 Å². The van der Waals surface area contributed by atoms with E-state index in [2.05, 4.69) is 13.0 Å². The summed E-state index contributed by atoms with van der Waals surface area (Å²) < 4.78 is 11.5. The fourth-order valence-corrected chi connectivity index (χ4v) is 5.21. The summed E-state index contributed by atoms with van der Waals surface area (Å²) in [6, 6.07) is 0. The third-order valence-corrected chi connectivity index (χ3v) is 7.48. The van der Waals surface area contributed by atoms with Gasteiger partial charge in [0.15, 0.2) is 0 Å². The summed E-state index contributed by atoms with van der Waals surface area (Å²) in [4.78, 5) is 24.6. The summed E-state index contributed by atoms with van der Waals surface area (Å²) >= 11 is 0. The second-order valence-electron chi connectivity index (χ2n) is 10.4. The van der Waals surface area contributed by atoms with Crippen LogP contribution in [0.3, 0.4) is 0 Å². The van der Waals surface area contributed by atoms with Gasteiger partial charge in [-0.1, -0.05) is 25.5 Å². The van der Waals surface area contributed by atoms with E-state index in [1.54, 1.807) is 0 Å². The van der Waals surface area contributed by atoms with Crippen LogP contribution in [0.2, 0.25) is 0 Å². The maximum absolute atomic E-state index is 12.9. The standard InChI is InChI=1S/C25H38O6/c1-6-25(4,5)24(29)31-21-10-14(2)9-19-20(27)11-15(3)18(23(19)21)8-7-17-12-16(26)13-22(28)30-17/h9,15-18,21,23,26-27H,6-8,10-13H2,1-5H3. The van der Waals surface area contributed by atoms with Gasteiger partial charge in [-0.3, -0.25) is 9.59 Å². The molecule has 0 aromatic carbocycles. The number of carbonyl (C=O) groups is 2. The Balaban J connectivity index is 1.81. The Kier molecular flexibility index (Phi) is 7.19. The average Bonchev–Trinajstić information content (AvgIpc) is 2.67. The second kappa shape index (κ2) is 9.35. The molecular weight excluding hydrogens is 396 g/mol. The quantitative estimate of drug-likeness (QED) is 0.593. The fraction of sp³-hybridized carbons (Fsp3) is 0.760. The molecule has 6 heteroatoms. The molecule has 1 fully saturated rings. The van der Waals surface area contributed by atoms with E-state index < -0.39 is 11.5 Å². The summed E-state index contributed by atoms with van der Waals surface area (Å²) in [6.45, 7) is 9.92. The Labute approximate surface area is 185 Å². The van der Waals surface area contributed by atoms with Crippen molar-refractivity contribution in [3.8, 4) is 0 Å². The molecule has 1 aliphatic heterocycles. The smallest absolute Gasteiger partial charge is 0.311 e. The first-order valence-corrected chi connectivity index (χ1v) is 11.7. The van der Waals surface area contributed by atoms with Crippen LogP contribution < -0.4 is 0 Å². The Morgan fingerprint density at radius 3 is 2.61 bits per heavy atom. The Hall–Kier alpha value is -1.82. The monoisotopic (exact) mass is 434 g/mol. The van der Waals surface area contributed by atoms with E-state index in [4.69, 9.17) is 9.47 Å². The lowest BCUT2D eigenvalue weighted by atomic mass is 9.64. The Bertz CT molecular complexity index is 764. The highest BCUT2D eigenvalue weighted by Crippen LogP contribution is 2.48. The maximum Gasteiger partial charge on any atom is 0.311 e. The number of carbonyl (C=O) groups excluding carboxylic acids is 2. The number of allylic oxidation sites excluding steroid dienone is 2. The number of cyclic esters (lactones) is 1. The van der Waals surface area contributed by atoms with E-state index in [0.717, 1.165) is 17.6 Å². The van der Waals surface area contributed by atoms with E-state index in [1.807, 2.05) is 27.7 Å². The highest BCUT2D eigenvalue weighted by Gasteiger charge is 2.45. The van der Waals surface area contributed by atoms with Crippen molar-refractivity contribution < 1.29 is 29.3 Å². The number of aliphatic hydroxyl groups is 2. The van der Waals surface area contributed by atoms with Crippen LogP contribution >= 0.6 is 0 Å². The van der Waals surface area contributed by atoms with Gasteiger partial charge in [0.2, 0.25) is 0 Å². The summed E-state index contributed by atoms with van der Waals surface area (Å²) in [5, 5.41) is 20.7. The first-order valence-electron chi connectivity index (χ1n) is 11.7. The maximum atomic E-state index is 12.9. The van der Waals surface area contributed by atoms with Crippen LogP contribution in [0.5, 0.6) is 0 Å². The van der Waals surface area contributed by atoms with Crippen LogP contribution in [0.4, 0.5) is 0 Å². The van der Waals surface area contributed by atoms with Crippen molar-refractivity contribution in [3.05, 3.63) is 23.0 Å². The molecule has 0 saturated carbocycles. The second-order valence-corrected chi connectivity index (χ2v) is 10.4. The van der Waals surface area contributed by atoms with Gasteiger partial charge in [-0.2, -0.15) is 0 Å². The molecule has 0 aromatic heterocycles. The molecule has 0 spiro atoms. The van der Waals surface area contributed by atoms with Crippen molar-refractivity contribution in [1.82, 2.24) is 0 Å². The lowest BCUT2D eigenvalue weighted by molar-refractivity contribution is -0.165. The highest BCUT2D eigenvalue weighted by atomic mass is 16.6. The molecule has 6 atom stereocenters. The fourth-order valence-electron chi connectivity index (χ4n) is 5.21. The van der Waals surface area contributed by atoms with Crippen molar-refractivity contribution in [2.24, 2.45) is 23.2 Å². The molecule has 0 amide bonds. The molecular formula is C25H38O6. The zero-order valence-electron chi connectivity index (χ0n) is 19.5. The SMILES string of the molecule is CCC(C)(C)C(=O)OC1CC(C)=CC2=C(O)CC(C)C(CCC3CC(O)CC(=O)O3)C21. The summed E-state index contributed by atoms with van der Waals surface area (Å²) in [7, 11) is 0. The van der Waals surface area contributed by atoms with Crippen molar-refractivity contribution in [2.45, 2.75) is 97.9 Å². The number of hydrogen-bond acceptors (Lipinski definition) is 6. The number of ether oxygens (including phenoxy) is 2. The average molecular weight is 435 g/mol. The first-order chi connectivity index (χ1) is 14.5. The van der Waals surface area contributed by atoms with E-state index in [0.29, 0.717) is 37.9 Å². The minimum Gasteiger partial charge on any atom is -0.512 e. The molecule has 0 bridgehead atoms. The van der Waals surface area contributed by atoms with Crippen LogP contribution in [-0.2, 0) is 19.1 Å². The van der Waals surface area contributed by atoms with E-state index in [-0.39, 0.29) is 48.3 Å². The molecule has 174 valence electrons. The number of rotatable bonds is 6. The van der Waals surface area contributed by atoms with Crippen molar-refractivity contribution in [2.75, 3.05) is 0 Å². The molecule has 6 nitrogen and oxygen atoms in total. The normalized spacial score (nSPS) is 34.0. The van der Waals surface area contributed by atoms with E-state index >= 15 is 0 Å². The van der Waals surface area contributed by atoms with E-state index in [1.165, 1.54) is 0 Å². The van der Waals surface area contributed by atoms with Gasteiger partial charge in [0.1, 0.15) is 12.2 Å². The lowest BCUT2D eigenvalue weighted by Gasteiger charge is -2.44. The minimum absolute atomic E-state index is 0.0645. The van der Waals surface area contributed by atoms with Gasteiger partial charge in [-0.05, 0) is 57.4 Å². The van der Waals surface area contributed by atoms with Gasteiger partial charge in [0.05, 0.1) is 23.7 Å². The molecule has 3 aliphatic rings. The number of fused-ring (bicyclic) bond motifs is 1. The summed E-state index contributed by atoms with van der Waals surface area (Å²) in [5.74, 6) is 0.176. The van der Waals surface area contributed by atoms with Crippen LogP contribution in [0, 0.1) is 23.2 Å². The van der Waals surface area contributed by atoms with Crippen LogP contribution in [0.25, 0.3) is 0 Å². The number of esters is 2. The molecule has 6 unspecified atom stereocenters. The molecule has 0 aromatic rings. The molecule has 2 N–H and O–H groups in total. The molecule has 2 aliphatic carbocycles. The lowest BCUT2D eigenvalue weighted by Crippen LogP contribution is -2.43. The predicted octanol–water partition coefficient (Wildman–Crippen LogP) is 4.62.